The Balaban J connectivity index is 2.73. The third kappa shape index (κ3) is 4.32. The summed E-state index contributed by atoms with van der Waals surface area (Å²) in [5.74, 6) is 0.510. The van der Waals surface area contributed by atoms with Crippen LogP contribution in [0.2, 0.25) is 0 Å². The first-order chi connectivity index (χ1) is 8.33. The monoisotopic (exact) mass is 249 g/mol. The van der Waals surface area contributed by atoms with Crippen LogP contribution in [0.1, 0.15) is 54.4 Å². The van der Waals surface area contributed by atoms with E-state index < -0.39 is 0 Å². The summed E-state index contributed by atoms with van der Waals surface area (Å²) in [7, 11) is 0. The van der Waals surface area contributed by atoms with Crippen LogP contribution in [-0.4, -0.2) is 11.8 Å². The average Bonchev–Trinajstić information content (AvgIpc) is 2.24. The highest BCUT2D eigenvalue weighted by molar-refractivity contribution is 5.92. The minimum atomic E-state index is 0.140. The fraction of sp³-hybridized carbons (Fsp3) is 0.688. The maximum atomic E-state index is 5.24. The largest absolute Gasteiger partial charge is 0.393 e. The number of oxime groups is 1. The molecular formula is C16H27NO. The molecule has 0 fully saturated rings. The lowest BCUT2D eigenvalue weighted by atomic mass is 9.68. The van der Waals surface area contributed by atoms with Crippen molar-refractivity contribution in [1.82, 2.24) is 0 Å². The predicted octanol–water partition coefficient (Wildman–Crippen LogP) is 4.73. The van der Waals surface area contributed by atoms with Crippen molar-refractivity contribution in [2.24, 2.45) is 16.5 Å². The summed E-state index contributed by atoms with van der Waals surface area (Å²) >= 11 is 0. The third-order valence-electron chi connectivity index (χ3n) is 3.52. The summed E-state index contributed by atoms with van der Waals surface area (Å²) in [6.07, 6.45) is 9.30. The number of hydrogen-bond acceptors (Lipinski definition) is 2. The summed E-state index contributed by atoms with van der Waals surface area (Å²) in [5.41, 5.74) is 2.74. The van der Waals surface area contributed by atoms with Gasteiger partial charge in [0.25, 0.3) is 0 Å². The van der Waals surface area contributed by atoms with Gasteiger partial charge in [-0.05, 0) is 52.0 Å². The van der Waals surface area contributed by atoms with Crippen LogP contribution < -0.4 is 0 Å². The van der Waals surface area contributed by atoms with Crippen molar-refractivity contribution in [1.29, 1.82) is 0 Å². The van der Waals surface area contributed by atoms with Gasteiger partial charge in [-0.25, -0.2) is 0 Å². The Morgan fingerprint density at radius 2 is 2.17 bits per heavy atom. The van der Waals surface area contributed by atoms with Crippen LogP contribution >= 0.6 is 0 Å². The van der Waals surface area contributed by atoms with E-state index in [-0.39, 0.29) is 6.10 Å². The molecule has 0 saturated carbocycles. The normalized spacial score (nSPS) is 24.5. The van der Waals surface area contributed by atoms with Gasteiger partial charge in [0.15, 0.2) is 0 Å². The van der Waals surface area contributed by atoms with Gasteiger partial charge >= 0.3 is 0 Å². The molecule has 0 amide bonds. The summed E-state index contributed by atoms with van der Waals surface area (Å²) in [5, 5.41) is 4.09. The highest BCUT2D eigenvalue weighted by atomic mass is 16.6. The van der Waals surface area contributed by atoms with Gasteiger partial charge in [0.1, 0.15) is 6.10 Å². The SMILES string of the molecule is CC1=CCCC(C)(C)C1/C=C/C(C)=N/OC(C)C. The Hall–Kier alpha value is -1.05. The van der Waals surface area contributed by atoms with Crippen LogP contribution in [0.3, 0.4) is 0 Å². The molecule has 2 nitrogen and oxygen atoms in total. The van der Waals surface area contributed by atoms with E-state index >= 15 is 0 Å². The van der Waals surface area contributed by atoms with Gasteiger partial charge in [-0.2, -0.15) is 0 Å². The van der Waals surface area contributed by atoms with E-state index in [0.29, 0.717) is 11.3 Å². The molecule has 1 atom stereocenters. The number of nitrogens with zero attached hydrogens (tertiary/aromatic N) is 1. The molecule has 0 aliphatic heterocycles. The first-order valence-electron chi connectivity index (χ1n) is 6.88. The van der Waals surface area contributed by atoms with E-state index in [2.05, 4.69) is 44.2 Å². The lowest BCUT2D eigenvalue weighted by Crippen LogP contribution is -2.26. The second kappa shape index (κ2) is 6.21. The Morgan fingerprint density at radius 3 is 2.72 bits per heavy atom. The maximum Gasteiger partial charge on any atom is 0.122 e. The molecule has 0 spiro atoms. The van der Waals surface area contributed by atoms with E-state index in [9.17, 15) is 0 Å². The van der Waals surface area contributed by atoms with Gasteiger partial charge in [0, 0.05) is 5.92 Å². The van der Waals surface area contributed by atoms with E-state index in [1.807, 2.05) is 20.8 Å². The van der Waals surface area contributed by atoms with Gasteiger partial charge in [-0.15, -0.1) is 0 Å². The average molecular weight is 249 g/mol. The lowest BCUT2D eigenvalue weighted by molar-refractivity contribution is 0.0861. The first-order valence-corrected chi connectivity index (χ1v) is 6.88. The van der Waals surface area contributed by atoms with Crippen LogP contribution in [0.15, 0.2) is 29.0 Å². The Bertz CT molecular complexity index is 361. The molecule has 2 heteroatoms. The number of allylic oxidation sites excluding steroid dienone is 4. The van der Waals surface area contributed by atoms with Crippen LogP contribution in [0, 0.1) is 11.3 Å². The Labute approximate surface area is 112 Å². The molecule has 1 unspecified atom stereocenters. The second-order valence-electron chi connectivity index (χ2n) is 6.20. The Morgan fingerprint density at radius 1 is 1.50 bits per heavy atom. The zero-order valence-electron chi connectivity index (χ0n) is 12.7. The molecule has 1 aliphatic rings. The predicted molar refractivity (Wildman–Crippen MR) is 78.7 cm³/mol. The summed E-state index contributed by atoms with van der Waals surface area (Å²) in [6, 6.07) is 0. The van der Waals surface area contributed by atoms with Crippen LogP contribution in [-0.2, 0) is 4.84 Å². The van der Waals surface area contributed by atoms with Crippen molar-refractivity contribution in [2.75, 3.05) is 0 Å². The van der Waals surface area contributed by atoms with Gasteiger partial charge in [0.2, 0.25) is 0 Å². The summed E-state index contributed by atoms with van der Waals surface area (Å²) in [4.78, 5) is 5.24. The highest BCUT2D eigenvalue weighted by Gasteiger charge is 2.30. The molecule has 0 saturated heterocycles. The lowest BCUT2D eigenvalue weighted by Gasteiger charge is -2.36. The standard InChI is InChI=1S/C16H27NO/c1-12(2)18-17-14(4)9-10-15-13(3)8-7-11-16(15,5)6/h8-10,12,15H,7,11H2,1-6H3/b10-9+,17-14+. The topological polar surface area (TPSA) is 21.6 Å². The maximum absolute atomic E-state index is 5.24. The van der Waals surface area contributed by atoms with Crippen molar-refractivity contribution in [2.45, 2.75) is 60.5 Å². The molecule has 0 N–H and O–H groups in total. The van der Waals surface area contributed by atoms with Crippen LogP contribution in [0.5, 0.6) is 0 Å². The Kier molecular flexibility index (Phi) is 5.18. The van der Waals surface area contributed by atoms with Gasteiger partial charge in [-0.1, -0.05) is 36.7 Å². The number of rotatable bonds is 4. The molecule has 1 aliphatic carbocycles. The summed E-state index contributed by atoms with van der Waals surface area (Å²) < 4.78 is 0. The van der Waals surface area contributed by atoms with E-state index in [1.54, 1.807) is 0 Å². The quantitative estimate of drug-likeness (QED) is 0.401. The van der Waals surface area contributed by atoms with Crippen molar-refractivity contribution in [3.63, 3.8) is 0 Å². The molecule has 0 bridgehead atoms. The molecular weight excluding hydrogens is 222 g/mol. The fourth-order valence-corrected chi connectivity index (χ4v) is 2.44. The molecule has 0 heterocycles. The van der Waals surface area contributed by atoms with E-state index in [4.69, 9.17) is 4.84 Å². The van der Waals surface area contributed by atoms with Crippen molar-refractivity contribution < 1.29 is 4.84 Å². The van der Waals surface area contributed by atoms with Gasteiger partial charge in [-0.3, -0.25) is 0 Å². The van der Waals surface area contributed by atoms with Crippen LogP contribution in [0.4, 0.5) is 0 Å². The van der Waals surface area contributed by atoms with Crippen molar-refractivity contribution >= 4 is 5.71 Å². The summed E-state index contributed by atoms with van der Waals surface area (Å²) in [6.45, 7) is 12.9. The molecule has 18 heavy (non-hydrogen) atoms. The molecule has 0 radical (unpaired) electrons. The fourth-order valence-electron chi connectivity index (χ4n) is 2.44. The van der Waals surface area contributed by atoms with Gasteiger partial charge < -0.3 is 4.84 Å². The zero-order chi connectivity index (χ0) is 13.8. The van der Waals surface area contributed by atoms with E-state index in [1.165, 1.54) is 18.4 Å². The molecule has 1 rings (SSSR count). The second-order valence-corrected chi connectivity index (χ2v) is 6.20. The van der Waals surface area contributed by atoms with Crippen LogP contribution in [0.25, 0.3) is 0 Å². The number of hydrogen-bond donors (Lipinski definition) is 0. The minimum absolute atomic E-state index is 0.140. The van der Waals surface area contributed by atoms with E-state index in [0.717, 1.165) is 5.71 Å². The third-order valence-corrected chi connectivity index (χ3v) is 3.52. The molecule has 0 aromatic carbocycles. The molecule has 0 aromatic heterocycles. The van der Waals surface area contributed by atoms with Crippen molar-refractivity contribution in [3.8, 4) is 0 Å². The van der Waals surface area contributed by atoms with Crippen molar-refractivity contribution in [3.05, 3.63) is 23.8 Å². The van der Waals surface area contributed by atoms with Gasteiger partial charge in [0.05, 0.1) is 5.71 Å². The smallest absolute Gasteiger partial charge is 0.122 e. The first kappa shape index (κ1) is 15.0. The minimum Gasteiger partial charge on any atom is -0.393 e. The molecule has 0 aromatic rings. The highest BCUT2D eigenvalue weighted by Crippen LogP contribution is 2.41. The molecule has 102 valence electrons. The zero-order valence-corrected chi connectivity index (χ0v) is 12.7.